The quantitative estimate of drug-likeness (QED) is 0.840. The standard InChI is InChI=1S/C22H26N2O2/c1-16-11-12-20(13-21(16)23-17(2)25)22(26)24(15-19-9-6-10-19)14-18-7-4-3-5-8-18/h3-5,7-8,11-13,19H,6,9-10,14-15H2,1-2H3,(H,23,25). The van der Waals surface area contributed by atoms with Crippen LogP contribution in [-0.4, -0.2) is 23.3 Å². The molecule has 0 atom stereocenters. The molecule has 0 aromatic heterocycles. The van der Waals surface area contributed by atoms with E-state index in [2.05, 4.69) is 17.4 Å². The lowest BCUT2D eigenvalue weighted by Crippen LogP contribution is -2.37. The zero-order chi connectivity index (χ0) is 18.5. The lowest BCUT2D eigenvalue weighted by Gasteiger charge is -2.32. The molecule has 2 aromatic carbocycles. The molecule has 0 bridgehead atoms. The average Bonchev–Trinajstić information content (AvgIpc) is 2.59. The molecule has 3 rings (SSSR count). The molecule has 2 aromatic rings. The molecule has 1 aliphatic carbocycles. The van der Waals surface area contributed by atoms with Crippen LogP contribution in [-0.2, 0) is 11.3 Å². The van der Waals surface area contributed by atoms with Crippen LogP contribution in [0.3, 0.4) is 0 Å². The maximum Gasteiger partial charge on any atom is 0.254 e. The lowest BCUT2D eigenvalue weighted by molar-refractivity contribution is -0.114. The highest BCUT2D eigenvalue weighted by atomic mass is 16.2. The number of carbonyl (C=O) groups excluding carboxylic acids is 2. The highest BCUT2D eigenvalue weighted by Crippen LogP contribution is 2.28. The molecule has 0 saturated heterocycles. The van der Waals surface area contributed by atoms with Crippen LogP contribution in [0.4, 0.5) is 5.69 Å². The zero-order valence-corrected chi connectivity index (χ0v) is 15.5. The van der Waals surface area contributed by atoms with E-state index >= 15 is 0 Å². The number of nitrogens with one attached hydrogen (secondary N) is 1. The van der Waals surface area contributed by atoms with Crippen molar-refractivity contribution in [3.05, 3.63) is 65.2 Å². The van der Waals surface area contributed by atoms with Crippen LogP contribution in [0, 0.1) is 12.8 Å². The third kappa shape index (κ3) is 4.51. The first-order valence-corrected chi connectivity index (χ1v) is 9.24. The SMILES string of the molecule is CC(=O)Nc1cc(C(=O)N(Cc2ccccc2)CC2CCC2)ccc1C. The van der Waals surface area contributed by atoms with E-state index in [0.717, 1.165) is 17.7 Å². The normalized spacial score (nSPS) is 13.8. The molecule has 26 heavy (non-hydrogen) atoms. The van der Waals surface area contributed by atoms with E-state index in [-0.39, 0.29) is 11.8 Å². The van der Waals surface area contributed by atoms with E-state index in [4.69, 9.17) is 0 Å². The van der Waals surface area contributed by atoms with Crippen LogP contribution in [0.25, 0.3) is 0 Å². The summed E-state index contributed by atoms with van der Waals surface area (Å²) >= 11 is 0. The number of anilines is 1. The Morgan fingerprint density at radius 2 is 1.85 bits per heavy atom. The van der Waals surface area contributed by atoms with Gasteiger partial charge in [0.2, 0.25) is 5.91 Å². The molecular formula is C22H26N2O2. The summed E-state index contributed by atoms with van der Waals surface area (Å²) in [5, 5.41) is 2.81. The summed E-state index contributed by atoms with van der Waals surface area (Å²) in [6.07, 6.45) is 3.66. The van der Waals surface area contributed by atoms with E-state index in [0.29, 0.717) is 23.7 Å². The first kappa shape index (κ1) is 18.2. The van der Waals surface area contributed by atoms with Crippen molar-refractivity contribution in [2.24, 2.45) is 5.92 Å². The van der Waals surface area contributed by atoms with Gasteiger partial charge in [0.15, 0.2) is 0 Å². The minimum atomic E-state index is -0.131. The molecule has 1 fully saturated rings. The van der Waals surface area contributed by atoms with Gasteiger partial charge in [-0.3, -0.25) is 9.59 Å². The van der Waals surface area contributed by atoms with Crippen LogP contribution < -0.4 is 5.32 Å². The minimum Gasteiger partial charge on any atom is -0.334 e. The Balaban J connectivity index is 1.82. The summed E-state index contributed by atoms with van der Waals surface area (Å²) in [5.41, 5.74) is 3.40. The van der Waals surface area contributed by atoms with E-state index in [1.54, 1.807) is 6.07 Å². The fourth-order valence-electron chi connectivity index (χ4n) is 3.27. The van der Waals surface area contributed by atoms with Crippen molar-refractivity contribution in [2.45, 2.75) is 39.7 Å². The van der Waals surface area contributed by atoms with Crippen LogP contribution in [0.2, 0.25) is 0 Å². The molecule has 0 unspecified atom stereocenters. The number of hydrogen-bond acceptors (Lipinski definition) is 2. The van der Waals surface area contributed by atoms with Gasteiger partial charge in [-0.05, 0) is 48.9 Å². The maximum absolute atomic E-state index is 13.2. The molecular weight excluding hydrogens is 324 g/mol. The first-order chi connectivity index (χ1) is 12.5. The number of rotatable bonds is 6. The van der Waals surface area contributed by atoms with Gasteiger partial charge in [0.05, 0.1) is 0 Å². The van der Waals surface area contributed by atoms with Crippen molar-refractivity contribution in [3.8, 4) is 0 Å². The summed E-state index contributed by atoms with van der Waals surface area (Å²) in [6, 6.07) is 15.6. The minimum absolute atomic E-state index is 0.0207. The van der Waals surface area contributed by atoms with E-state index in [9.17, 15) is 9.59 Å². The number of benzene rings is 2. The van der Waals surface area contributed by atoms with Crippen molar-refractivity contribution in [1.29, 1.82) is 0 Å². The summed E-state index contributed by atoms with van der Waals surface area (Å²) in [4.78, 5) is 26.5. The van der Waals surface area contributed by atoms with E-state index < -0.39 is 0 Å². The number of nitrogens with zero attached hydrogens (tertiary/aromatic N) is 1. The van der Waals surface area contributed by atoms with Gasteiger partial charge in [0, 0.05) is 31.3 Å². The van der Waals surface area contributed by atoms with Gasteiger partial charge >= 0.3 is 0 Å². The largest absolute Gasteiger partial charge is 0.334 e. The molecule has 0 spiro atoms. The fraction of sp³-hybridized carbons (Fsp3) is 0.364. The number of aryl methyl sites for hydroxylation is 1. The van der Waals surface area contributed by atoms with Gasteiger partial charge in [0.1, 0.15) is 0 Å². The first-order valence-electron chi connectivity index (χ1n) is 9.24. The molecule has 1 saturated carbocycles. The van der Waals surface area contributed by atoms with Crippen molar-refractivity contribution >= 4 is 17.5 Å². The molecule has 4 nitrogen and oxygen atoms in total. The van der Waals surface area contributed by atoms with Crippen LogP contribution in [0.5, 0.6) is 0 Å². The lowest BCUT2D eigenvalue weighted by atomic mass is 9.85. The highest BCUT2D eigenvalue weighted by Gasteiger charge is 2.25. The third-order valence-corrected chi connectivity index (χ3v) is 5.00. The van der Waals surface area contributed by atoms with E-state index in [1.807, 2.05) is 42.2 Å². The number of carbonyl (C=O) groups is 2. The highest BCUT2D eigenvalue weighted by molar-refractivity contribution is 5.97. The molecule has 2 amide bonds. The molecule has 0 heterocycles. The van der Waals surface area contributed by atoms with E-state index in [1.165, 1.54) is 26.2 Å². The van der Waals surface area contributed by atoms with Gasteiger partial charge in [-0.25, -0.2) is 0 Å². The van der Waals surface area contributed by atoms with Crippen LogP contribution in [0.15, 0.2) is 48.5 Å². The molecule has 1 aliphatic rings. The zero-order valence-electron chi connectivity index (χ0n) is 15.5. The molecule has 0 aliphatic heterocycles. The Hall–Kier alpha value is -2.62. The second kappa shape index (κ2) is 8.17. The molecule has 1 N–H and O–H groups in total. The van der Waals surface area contributed by atoms with Gasteiger partial charge < -0.3 is 10.2 Å². The van der Waals surface area contributed by atoms with Crippen molar-refractivity contribution in [1.82, 2.24) is 4.90 Å². The average molecular weight is 350 g/mol. The van der Waals surface area contributed by atoms with Gasteiger partial charge in [-0.2, -0.15) is 0 Å². The van der Waals surface area contributed by atoms with Crippen LogP contribution >= 0.6 is 0 Å². The van der Waals surface area contributed by atoms with Crippen LogP contribution in [0.1, 0.15) is 47.7 Å². The van der Waals surface area contributed by atoms with Gasteiger partial charge in [-0.1, -0.05) is 42.8 Å². The Bertz CT molecular complexity index is 782. The van der Waals surface area contributed by atoms with Crippen molar-refractivity contribution < 1.29 is 9.59 Å². The predicted molar refractivity (Wildman–Crippen MR) is 104 cm³/mol. The molecule has 4 heteroatoms. The van der Waals surface area contributed by atoms with Crippen molar-refractivity contribution in [2.75, 3.05) is 11.9 Å². The summed E-state index contributed by atoms with van der Waals surface area (Å²) in [5.74, 6) is 0.489. The molecule has 0 radical (unpaired) electrons. The second-order valence-corrected chi connectivity index (χ2v) is 7.18. The summed E-state index contributed by atoms with van der Waals surface area (Å²) in [6.45, 7) is 4.80. The maximum atomic E-state index is 13.2. The Kier molecular flexibility index (Phi) is 5.71. The third-order valence-electron chi connectivity index (χ3n) is 5.00. The smallest absolute Gasteiger partial charge is 0.254 e. The fourth-order valence-corrected chi connectivity index (χ4v) is 3.27. The predicted octanol–water partition coefficient (Wildman–Crippen LogP) is 4.40. The Morgan fingerprint density at radius 3 is 2.46 bits per heavy atom. The van der Waals surface area contributed by atoms with Crippen molar-refractivity contribution in [3.63, 3.8) is 0 Å². The van der Waals surface area contributed by atoms with Gasteiger partial charge in [0.25, 0.3) is 5.91 Å². The summed E-state index contributed by atoms with van der Waals surface area (Å²) < 4.78 is 0. The monoisotopic (exact) mass is 350 g/mol. The topological polar surface area (TPSA) is 49.4 Å². The summed E-state index contributed by atoms with van der Waals surface area (Å²) in [7, 11) is 0. The Morgan fingerprint density at radius 1 is 1.12 bits per heavy atom. The molecule has 136 valence electrons. The number of hydrogen-bond donors (Lipinski definition) is 1. The Labute approximate surface area is 155 Å². The van der Waals surface area contributed by atoms with Gasteiger partial charge in [-0.15, -0.1) is 0 Å². The number of amides is 2. The second-order valence-electron chi connectivity index (χ2n) is 7.18.